The van der Waals surface area contributed by atoms with Gasteiger partial charge in [0, 0.05) is 18.7 Å². The van der Waals surface area contributed by atoms with E-state index in [-0.39, 0.29) is 24.4 Å². The lowest BCUT2D eigenvalue weighted by Crippen LogP contribution is -2.40. The fourth-order valence-electron chi connectivity index (χ4n) is 2.78. The topological polar surface area (TPSA) is 64.3 Å². The van der Waals surface area contributed by atoms with Crippen molar-refractivity contribution in [3.05, 3.63) is 35.4 Å². The molecule has 0 aromatic heterocycles. The quantitative estimate of drug-likeness (QED) is 0.875. The van der Waals surface area contributed by atoms with E-state index < -0.39 is 0 Å². The van der Waals surface area contributed by atoms with Crippen molar-refractivity contribution in [3.63, 3.8) is 0 Å². The number of halogens is 1. The Bertz CT molecular complexity index is 440. The van der Waals surface area contributed by atoms with Crippen molar-refractivity contribution >= 4 is 18.3 Å². The van der Waals surface area contributed by atoms with Gasteiger partial charge in [0.2, 0.25) is 0 Å². The largest absolute Gasteiger partial charge is 0.380 e. The Kier molecular flexibility index (Phi) is 6.99. The van der Waals surface area contributed by atoms with Crippen LogP contribution in [0.1, 0.15) is 35.2 Å². The van der Waals surface area contributed by atoms with Crippen molar-refractivity contribution in [1.29, 1.82) is 0 Å². The molecule has 1 amide bonds. The van der Waals surface area contributed by atoms with E-state index in [2.05, 4.69) is 5.32 Å². The summed E-state index contributed by atoms with van der Waals surface area (Å²) in [6.45, 7) is 1.10. The van der Waals surface area contributed by atoms with Crippen LogP contribution in [0.25, 0.3) is 0 Å². The first kappa shape index (κ1) is 17.0. The lowest BCUT2D eigenvalue weighted by molar-refractivity contribution is 0.0924. The molecule has 2 rings (SSSR count). The van der Waals surface area contributed by atoms with Crippen LogP contribution in [0.4, 0.5) is 0 Å². The van der Waals surface area contributed by atoms with Gasteiger partial charge in [-0.1, -0.05) is 24.6 Å². The molecular weight excluding hydrogens is 276 g/mol. The average Bonchev–Trinajstić information content (AvgIpc) is 2.87. The van der Waals surface area contributed by atoms with E-state index in [1.807, 2.05) is 24.3 Å². The Labute approximate surface area is 126 Å². The second kappa shape index (κ2) is 8.25. The van der Waals surface area contributed by atoms with Gasteiger partial charge in [0.25, 0.3) is 5.91 Å². The van der Waals surface area contributed by atoms with Crippen LogP contribution >= 0.6 is 12.4 Å². The van der Waals surface area contributed by atoms with Crippen molar-refractivity contribution in [2.24, 2.45) is 11.7 Å². The fraction of sp³-hybridized carbons (Fsp3) is 0.533. The van der Waals surface area contributed by atoms with Crippen LogP contribution in [-0.4, -0.2) is 25.6 Å². The molecule has 2 unspecified atom stereocenters. The third-order valence-corrected chi connectivity index (χ3v) is 3.84. The molecule has 1 aromatic carbocycles. The zero-order valence-electron chi connectivity index (χ0n) is 11.8. The number of carbonyl (C=O) groups is 1. The molecular formula is C15H23ClN2O2. The molecule has 2 atom stereocenters. The minimum atomic E-state index is -0.0157. The van der Waals surface area contributed by atoms with E-state index >= 15 is 0 Å². The Morgan fingerprint density at radius 1 is 1.40 bits per heavy atom. The summed E-state index contributed by atoms with van der Waals surface area (Å²) in [6, 6.07) is 7.78. The Morgan fingerprint density at radius 3 is 2.85 bits per heavy atom. The fourth-order valence-corrected chi connectivity index (χ4v) is 2.78. The van der Waals surface area contributed by atoms with Gasteiger partial charge in [0.05, 0.1) is 6.61 Å². The number of hydrogen-bond donors (Lipinski definition) is 2. The maximum absolute atomic E-state index is 12.4. The van der Waals surface area contributed by atoms with Crippen LogP contribution in [0.15, 0.2) is 24.3 Å². The smallest absolute Gasteiger partial charge is 0.251 e. The molecule has 20 heavy (non-hydrogen) atoms. The number of carbonyl (C=O) groups excluding carboxylic acids is 1. The van der Waals surface area contributed by atoms with Gasteiger partial charge in [-0.3, -0.25) is 4.79 Å². The van der Waals surface area contributed by atoms with E-state index in [4.69, 9.17) is 10.5 Å². The van der Waals surface area contributed by atoms with Crippen molar-refractivity contribution < 1.29 is 9.53 Å². The van der Waals surface area contributed by atoms with Gasteiger partial charge in [-0.2, -0.15) is 0 Å². The summed E-state index contributed by atoms with van der Waals surface area (Å²) in [7, 11) is 1.64. The van der Waals surface area contributed by atoms with Crippen LogP contribution in [0.5, 0.6) is 0 Å². The third kappa shape index (κ3) is 3.95. The highest BCUT2D eigenvalue weighted by molar-refractivity contribution is 5.95. The molecule has 1 saturated carbocycles. The molecule has 1 aliphatic carbocycles. The lowest BCUT2D eigenvalue weighted by Gasteiger charge is -2.20. The Hall–Kier alpha value is -1.10. The number of methoxy groups -OCH3 is 1. The van der Waals surface area contributed by atoms with Gasteiger partial charge < -0.3 is 15.8 Å². The first-order valence-corrected chi connectivity index (χ1v) is 6.84. The first-order valence-electron chi connectivity index (χ1n) is 6.84. The summed E-state index contributed by atoms with van der Waals surface area (Å²) < 4.78 is 5.13. The summed E-state index contributed by atoms with van der Waals surface area (Å²) >= 11 is 0. The van der Waals surface area contributed by atoms with Crippen molar-refractivity contribution in [1.82, 2.24) is 5.32 Å². The second-order valence-corrected chi connectivity index (χ2v) is 5.10. The molecule has 0 spiro atoms. The number of hydrogen-bond acceptors (Lipinski definition) is 3. The van der Waals surface area contributed by atoms with Gasteiger partial charge in [-0.05, 0) is 36.9 Å². The van der Waals surface area contributed by atoms with Crippen molar-refractivity contribution in [3.8, 4) is 0 Å². The molecule has 0 saturated heterocycles. The van der Waals surface area contributed by atoms with E-state index in [1.165, 1.54) is 0 Å². The van der Waals surface area contributed by atoms with Crippen LogP contribution in [0.3, 0.4) is 0 Å². The zero-order valence-corrected chi connectivity index (χ0v) is 12.6. The second-order valence-electron chi connectivity index (χ2n) is 5.10. The molecule has 1 aromatic rings. The molecule has 3 N–H and O–H groups in total. The Morgan fingerprint density at radius 2 is 2.15 bits per heavy atom. The van der Waals surface area contributed by atoms with Gasteiger partial charge in [-0.25, -0.2) is 0 Å². The van der Waals surface area contributed by atoms with Crippen molar-refractivity contribution in [2.45, 2.75) is 31.9 Å². The first-order chi connectivity index (χ1) is 9.26. The highest BCUT2D eigenvalue weighted by Gasteiger charge is 2.27. The van der Waals surface area contributed by atoms with Crippen LogP contribution in [-0.2, 0) is 11.3 Å². The molecule has 0 bridgehead atoms. The van der Waals surface area contributed by atoms with Crippen LogP contribution < -0.4 is 11.1 Å². The summed E-state index contributed by atoms with van der Waals surface area (Å²) in [5.41, 5.74) is 7.37. The van der Waals surface area contributed by atoms with E-state index in [0.717, 1.165) is 24.8 Å². The summed E-state index contributed by atoms with van der Waals surface area (Å²) in [5.74, 6) is 0.400. The number of amides is 1. The normalized spacial score (nSPS) is 21.3. The molecule has 1 fully saturated rings. The maximum atomic E-state index is 12.4. The van der Waals surface area contributed by atoms with Gasteiger partial charge in [0.15, 0.2) is 0 Å². The summed E-state index contributed by atoms with van der Waals surface area (Å²) in [5, 5.41) is 3.12. The summed E-state index contributed by atoms with van der Waals surface area (Å²) in [6.07, 6.45) is 3.29. The van der Waals surface area contributed by atoms with Crippen molar-refractivity contribution in [2.75, 3.05) is 13.7 Å². The molecule has 0 aliphatic heterocycles. The number of benzene rings is 1. The Balaban J connectivity index is 0.00000200. The molecule has 1 aliphatic rings. The molecule has 4 nitrogen and oxygen atoms in total. The number of nitrogens with two attached hydrogens (primary N) is 1. The van der Waals surface area contributed by atoms with Crippen LogP contribution in [0, 0.1) is 5.92 Å². The average molecular weight is 299 g/mol. The predicted molar refractivity (Wildman–Crippen MR) is 82.1 cm³/mol. The number of nitrogens with one attached hydrogen (secondary N) is 1. The highest BCUT2D eigenvalue weighted by atomic mass is 35.5. The van der Waals surface area contributed by atoms with Gasteiger partial charge >= 0.3 is 0 Å². The SMILES string of the molecule is COCc1ccccc1C(=O)NC1CCCC1CN.Cl. The lowest BCUT2D eigenvalue weighted by atomic mass is 10.0. The molecule has 0 heterocycles. The van der Waals surface area contributed by atoms with E-state index in [9.17, 15) is 4.79 Å². The zero-order chi connectivity index (χ0) is 13.7. The van der Waals surface area contributed by atoms with Crippen LogP contribution in [0.2, 0.25) is 0 Å². The van der Waals surface area contributed by atoms with Gasteiger partial charge in [-0.15, -0.1) is 12.4 Å². The minimum Gasteiger partial charge on any atom is -0.380 e. The van der Waals surface area contributed by atoms with Gasteiger partial charge in [0.1, 0.15) is 0 Å². The predicted octanol–water partition coefficient (Wildman–Crippen LogP) is 2.11. The molecule has 112 valence electrons. The minimum absolute atomic E-state index is 0. The summed E-state index contributed by atoms with van der Waals surface area (Å²) in [4.78, 5) is 12.4. The molecule has 0 radical (unpaired) electrons. The third-order valence-electron chi connectivity index (χ3n) is 3.84. The standard InChI is InChI=1S/C15H22N2O2.ClH/c1-19-10-12-5-2-3-7-13(12)15(18)17-14-8-4-6-11(14)9-16;/h2-3,5,7,11,14H,4,6,8-10,16H2,1H3,(H,17,18);1H. The number of rotatable bonds is 5. The monoisotopic (exact) mass is 298 g/mol. The van der Waals surface area contributed by atoms with E-state index in [1.54, 1.807) is 7.11 Å². The molecule has 5 heteroatoms. The maximum Gasteiger partial charge on any atom is 0.251 e. The van der Waals surface area contributed by atoms with E-state index in [0.29, 0.717) is 24.6 Å². The highest BCUT2D eigenvalue weighted by Crippen LogP contribution is 2.25. The number of ether oxygens (including phenoxy) is 1.